The van der Waals surface area contributed by atoms with Crippen molar-refractivity contribution in [3.63, 3.8) is 0 Å². The highest BCUT2D eigenvalue weighted by Gasteiger charge is 2.24. The summed E-state index contributed by atoms with van der Waals surface area (Å²) < 4.78 is 27.0. The summed E-state index contributed by atoms with van der Waals surface area (Å²) in [6, 6.07) is 24.3. The van der Waals surface area contributed by atoms with Gasteiger partial charge in [0.25, 0.3) is 5.91 Å². The Bertz CT molecular complexity index is 1530. The zero-order valence-electron chi connectivity index (χ0n) is 19.2. The number of fused-ring (bicyclic) bond motifs is 1. The van der Waals surface area contributed by atoms with Gasteiger partial charge in [-0.05, 0) is 48.5 Å². The number of benzene rings is 3. The van der Waals surface area contributed by atoms with Crippen molar-refractivity contribution in [2.75, 3.05) is 18.4 Å². The van der Waals surface area contributed by atoms with Crippen LogP contribution in [-0.4, -0.2) is 41.7 Å². The Kier molecular flexibility index (Phi) is 7.40. The van der Waals surface area contributed by atoms with E-state index in [1.165, 1.54) is 24.3 Å². The van der Waals surface area contributed by atoms with E-state index < -0.39 is 15.9 Å². The van der Waals surface area contributed by atoms with Gasteiger partial charge < -0.3 is 10.3 Å². The standard InChI is InChI=1S/C26H22N6O3S/c27-14-4-16-32(17-5-15-28)36(34,35)22-12-10-19(11-13-22)26(33)29-21-7-3-6-20(18-21)25-30-23-8-1-2-9-24(23)31-25/h1-3,6-13,18H,4-5,16-17H2,(H,29,33)(H,30,31). The predicted octanol–water partition coefficient (Wildman–Crippen LogP) is 4.30. The predicted molar refractivity (Wildman–Crippen MR) is 135 cm³/mol. The summed E-state index contributed by atoms with van der Waals surface area (Å²) in [5.74, 6) is 0.283. The molecule has 0 unspecified atom stereocenters. The van der Waals surface area contributed by atoms with Crippen molar-refractivity contribution in [1.82, 2.24) is 14.3 Å². The van der Waals surface area contributed by atoms with Crippen LogP contribution in [0.2, 0.25) is 0 Å². The van der Waals surface area contributed by atoms with Gasteiger partial charge in [0.05, 0.1) is 28.1 Å². The minimum Gasteiger partial charge on any atom is -0.338 e. The Labute approximate surface area is 208 Å². The van der Waals surface area contributed by atoms with E-state index in [0.29, 0.717) is 11.5 Å². The topological polar surface area (TPSA) is 143 Å². The molecule has 0 spiro atoms. The number of sulfonamides is 1. The van der Waals surface area contributed by atoms with Gasteiger partial charge in [0.2, 0.25) is 10.0 Å². The minimum atomic E-state index is -3.91. The maximum atomic E-state index is 13.0. The third-order valence-corrected chi connectivity index (χ3v) is 7.40. The second kappa shape index (κ2) is 10.8. The molecular formula is C26H22N6O3S. The number of nitrogens with zero attached hydrogens (tertiary/aromatic N) is 4. The zero-order chi connectivity index (χ0) is 25.5. The number of carbonyl (C=O) groups is 1. The molecule has 0 aliphatic heterocycles. The number of nitrogens with one attached hydrogen (secondary N) is 2. The fraction of sp³-hybridized carbons (Fsp3) is 0.154. The van der Waals surface area contributed by atoms with E-state index in [4.69, 9.17) is 10.5 Å². The highest BCUT2D eigenvalue weighted by Crippen LogP contribution is 2.24. The van der Waals surface area contributed by atoms with E-state index in [9.17, 15) is 13.2 Å². The third-order valence-electron chi connectivity index (χ3n) is 5.48. The second-order valence-electron chi connectivity index (χ2n) is 7.88. The van der Waals surface area contributed by atoms with Crippen molar-refractivity contribution in [1.29, 1.82) is 10.5 Å². The van der Waals surface area contributed by atoms with Gasteiger partial charge in [-0.15, -0.1) is 0 Å². The summed E-state index contributed by atoms with van der Waals surface area (Å²) in [6.45, 7) is -0.0192. The van der Waals surface area contributed by atoms with E-state index in [2.05, 4.69) is 15.3 Å². The number of carbonyl (C=O) groups excluding carboxylic acids is 1. The van der Waals surface area contributed by atoms with Gasteiger partial charge in [0.15, 0.2) is 0 Å². The normalized spacial score (nSPS) is 11.2. The molecular weight excluding hydrogens is 476 g/mol. The number of amides is 1. The first-order chi connectivity index (χ1) is 17.4. The van der Waals surface area contributed by atoms with Crippen LogP contribution in [0.4, 0.5) is 5.69 Å². The number of nitriles is 2. The van der Waals surface area contributed by atoms with Gasteiger partial charge in [-0.25, -0.2) is 13.4 Å². The molecule has 0 aliphatic rings. The Morgan fingerprint density at radius 2 is 1.64 bits per heavy atom. The molecule has 2 N–H and O–H groups in total. The average Bonchev–Trinajstić information content (AvgIpc) is 3.33. The van der Waals surface area contributed by atoms with E-state index in [-0.39, 0.29) is 36.4 Å². The van der Waals surface area contributed by atoms with Crippen molar-refractivity contribution in [2.24, 2.45) is 0 Å². The molecule has 0 aliphatic carbocycles. The van der Waals surface area contributed by atoms with Crippen molar-refractivity contribution in [2.45, 2.75) is 17.7 Å². The number of aromatic amines is 1. The number of hydrogen-bond donors (Lipinski definition) is 2. The van der Waals surface area contributed by atoms with Crippen LogP contribution in [0.25, 0.3) is 22.4 Å². The summed E-state index contributed by atoms with van der Waals surface area (Å²) in [4.78, 5) is 20.6. The average molecular weight is 499 g/mol. The summed E-state index contributed by atoms with van der Waals surface area (Å²) >= 11 is 0. The first-order valence-corrected chi connectivity index (χ1v) is 12.6. The molecule has 4 aromatic rings. The smallest absolute Gasteiger partial charge is 0.255 e. The maximum absolute atomic E-state index is 13.0. The number of hydrogen-bond acceptors (Lipinski definition) is 6. The minimum absolute atomic E-state index is 0.00960. The van der Waals surface area contributed by atoms with Gasteiger partial charge in [-0.2, -0.15) is 14.8 Å². The molecule has 0 radical (unpaired) electrons. The fourth-order valence-corrected chi connectivity index (χ4v) is 5.11. The van der Waals surface area contributed by atoms with Crippen LogP contribution in [0.5, 0.6) is 0 Å². The largest absolute Gasteiger partial charge is 0.338 e. The number of imidazole rings is 1. The van der Waals surface area contributed by atoms with Gasteiger partial charge in [0.1, 0.15) is 5.82 Å². The molecule has 0 saturated carbocycles. The Morgan fingerprint density at radius 3 is 2.31 bits per heavy atom. The fourth-order valence-electron chi connectivity index (χ4n) is 3.67. The molecule has 1 aromatic heterocycles. The van der Waals surface area contributed by atoms with Crippen LogP contribution in [0.15, 0.2) is 77.7 Å². The zero-order valence-corrected chi connectivity index (χ0v) is 20.0. The van der Waals surface area contributed by atoms with Crippen LogP contribution in [0, 0.1) is 22.7 Å². The molecule has 0 atom stereocenters. The summed E-state index contributed by atoms with van der Waals surface area (Å²) in [6.07, 6.45) is 0.0243. The van der Waals surface area contributed by atoms with Gasteiger partial charge in [-0.1, -0.05) is 24.3 Å². The lowest BCUT2D eigenvalue weighted by Gasteiger charge is -2.20. The monoisotopic (exact) mass is 498 g/mol. The van der Waals surface area contributed by atoms with Gasteiger partial charge in [0, 0.05) is 42.7 Å². The first kappa shape index (κ1) is 24.6. The SMILES string of the molecule is N#CCCN(CCC#N)S(=O)(=O)c1ccc(C(=O)Nc2cccc(-c3nc4ccccc4[nH]3)c2)cc1. The van der Waals surface area contributed by atoms with Crippen LogP contribution in [0.3, 0.4) is 0 Å². The Balaban J connectivity index is 1.49. The summed E-state index contributed by atoms with van der Waals surface area (Å²) in [5, 5.41) is 20.5. The summed E-state index contributed by atoms with van der Waals surface area (Å²) in [5.41, 5.74) is 3.41. The lowest BCUT2D eigenvalue weighted by atomic mass is 10.1. The number of H-pyrrole nitrogens is 1. The molecule has 0 fully saturated rings. The highest BCUT2D eigenvalue weighted by molar-refractivity contribution is 7.89. The third kappa shape index (κ3) is 5.41. The first-order valence-electron chi connectivity index (χ1n) is 11.1. The quantitative estimate of drug-likeness (QED) is 0.352. The molecule has 36 heavy (non-hydrogen) atoms. The number of para-hydroxylation sites is 2. The van der Waals surface area contributed by atoms with Crippen LogP contribution < -0.4 is 5.32 Å². The molecule has 10 heteroatoms. The van der Waals surface area contributed by atoms with Crippen molar-refractivity contribution >= 4 is 32.7 Å². The van der Waals surface area contributed by atoms with E-state index in [1.807, 2.05) is 48.5 Å². The summed E-state index contributed by atoms with van der Waals surface area (Å²) in [7, 11) is -3.91. The van der Waals surface area contributed by atoms with Gasteiger partial charge >= 0.3 is 0 Å². The number of aromatic nitrogens is 2. The molecule has 1 heterocycles. The number of rotatable bonds is 9. The van der Waals surface area contributed by atoms with Crippen molar-refractivity contribution < 1.29 is 13.2 Å². The van der Waals surface area contributed by atoms with Crippen molar-refractivity contribution in [3.8, 4) is 23.5 Å². The van der Waals surface area contributed by atoms with E-state index in [0.717, 1.165) is 20.9 Å². The molecule has 180 valence electrons. The van der Waals surface area contributed by atoms with Crippen LogP contribution >= 0.6 is 0 Å². The molecule has 1 amide bonds. The van der Waals surface area contributed by atoms with Gasteiger partial charge in [-0.3, -0.25) is 4.79 Å². The molecule has 0 bridgehead atoms. The Morgan fingerprint density at radius 1 is 0.944 bits per heavy atom. The van der Waals surface area contributed by atoms with E-state index in [1.54, 1.807) is 12.1 Å². The molecule has 3 aromatic carbocycles. The highest BCUT2D eigenvalue weighted by atomic mass is 32.2. The lowest BCUT2D eigenvalue weighted by Crippen LogP contribution is -2.32. The lowest BCUT2D eigenvalue weighted by molar-refractivity contribution is 0.102. The molecule has 4 rings (SSSR count). The maximum Gasteiger partial charge on any atom is 0.255 e. The Hall–Kier alpha value is -4.51. The van der Waals surface area contributed by atoms with E-state index >= 15 is 0 Å². The van der Waals surface area contributed by atoms with Crippen LogP contribution in [0.1, 0.15) is 23.2 Å². The number of anilines is 1. The van der Waals surface area contributed by atoms with Crippen molar-refractivity contribution in [3.05, 3.63) is 78.4 Å². The molecule has 9 nitrogen and oxygen atoms in total. The molecule has 0 saturated heterocycles. The second-order valence-corrected chi connectivity index (χ2v) is 9.82. The van der Waals surface area contributed by atoms with Crippen LogP contribution in [-0.2, 0) is 10.0 Å².